The van der Waals surface area contributed by atoms with Gasteiger partial charge < -0.3 is 10.1 Å². The van der Waals surface area contributed by atoms with Gasteiger partial charge in [0, 0.05) is 13.2 Å². The lowest BCUT2D eigenvalue weighted by Crippen LogP contribution is -2.17. The van der Waals surface area contributed by atoms with E-state index in [1.807, 2.05) is 30.3 Å². The average molecular weight is 274 g/mol. The van der Waals surface area contributed by atoms with Crippen molar-refractivity contribution in [2.24, 2.45) is 0 Å². The van der Waals surface area contributed by atoms with Gasteiger partial charge >= 0.3 is 0 Å². The molecule has 5 heteroatoms. The monoisotopic (exact) mass is 274 g/mol. The van der Waals surface area contributed by atoms with Crippen LogP contribution in [0.4, 0.5) is 0 Å². The quantitative estimate of drug-likeness (QED) is 0.750. The maximum absolute atomic E-state index is 5.48. The molecule has 0 unspecified atom stereocenters. The lowest BCUT2D eigenvalue weighted by atomic mass is 10.3. The van der Waals surface area contributed by atoms with Gasteiger partial charge in [-0.15, -0.1) is 0 Å². The van der Waals surface area contributed by atoms with Crippen LogP contribution in [0.1, 0.15) is 26.0 Å². The van der Waals surface area contributed by atoms with Gasteiger partial charge in [0.25, 0.3) is 0 Å². The molecule has 0 spiro atoms. The number of hydrogen-bond acceptors (Lipinski definition) is 4. The highest BCUT2D eigenvalue weighted by molar-refractivity contribution is 5.28. The standard InChI is InChI=1S/C15H22N4O/c1-13(2)20-10-6-9-16-11-14-12-17-19(18-14)15-7-4-3-5-8-15/h3-5,7-8,12-13,16H,6,9-11H2,1-2H3. The van der Waals surface area contributed by atoms with Crippen molar-refractivity contribution in [3.05, 3.63) is 42.2 Å². The second-order valence-electron chi connectivity index (χ2n) is 4.91. The Morgan fingerprint density at radius 2 is 2.05 bits per heavy atom. The molecule has 1 aromatic carbocycles. The smallest absolute Gasteiger partial charge is 0.0969 e. The summed E-state index contributed by atoms with van der Waals surface area (Å²) in [7, 11) is 0. The Morgan fingerprint density at radius 1 is 1.25 bits per heavy atom. The van der Waals surface area contributed by atoms with Crippen LogP contribution >= 0.6 is 0 Å². The first-order chi connectivity index (χ1) is 9.75. The SMILES string of the molecule is CC(C)OCCCNCc1cnn(-c2ccccc2)n1. The molecule has 0 radical (unpaired) electrons. The van der Waals surface area contributed by atoms with Gasteiger partial charge in [-0.3, -0.25) is 0 Å². The first-order valence-electron chi connectivity index (χ1n) is 7.04. The van der Waals surface area contributed by atoms with Crippen LogP contribution in [0, 0.1) is 0 Å². The van der Waals surface area contributed by atoms with Crippen molar-refractivity contribution >= 4 is 0 Å². The number of nitrogens with zero attached hydrogens (tertiary/aromatic N) is 3. The summed E-state index contributed by atoms with van der Waals surface area (Å²) in [4.78, 5) is 1.65. The molecule has 2 rings (SSSR count). The second-order valence-corrected chi connectivity index (χ2v) is 4.91. The van der Waals surface area contributed by atoms with Crippen LogP contribution in [0.25, 0.3) is 5.69 Å². The number of rotatable bonds is 8. The van der Waals surface area contributed by atoms with E-state index in [9.17, 15) is 0 Å². The van der Waals surface area contributed by atoms with Gasteiger partial charge in [0.15, 0.2) is 0 Å². The van der Waals surface area contributed by atoms with E-state index in [0.717, 1.165) is 37.5 Å². The van der Waals surface area contributed by atoms with Crippen molar-refractivity contribution in [1.29, 1.82) is 0 Å². The van der Waals surface area contributed by atoms with Crippen LogP contribution in [-0.4, -0.2) is 34.2 Å². The van der Waals surface area contributed by atoms with E-state index >= 15 is 0 Å². The molecule has 2 aromatic rings. The van der Waals surface area contributed by atoms with Crippen molar-refractivity contribution in [2.75, 3.05) is 13.2 Å². The topological polar surface area (TPSA) is 52.0 Å². The number of aromatic nitrogens is 3. The third-order valence-electron chi connectivity index (χ3n) is 2.78. The highest BCUT2D eigenvalue weighted by atomic mass is 16.5. The summed E-state index contributed by atoms with van der Waals surface area (Å²) in [6, 6.07) is 9.91. The van der Waals surface area contributed by atoms with Crippen LogP contribution in [-0.2, 0) is 11.3 Å². The van der Waals surface area contributed by atoms with E-state index in [-0.39, 0.29) is 0 Å². The fourth-order valence-corrected chi connectivity index (χ4v) is 1.79. The predicted molar refractivity (Wildman–Crippen MR) is 78.8 cm³/mol. The Morgan fingerprint density at radius 3 is 2.80 bits per heavy atom. The average Bonchev–Trinajstić information content (AvgIpc) is 2.92. The minimum absolute atomic E-state index is 0.306. The molecule has 0 saturated carbocycles. The van der Waals surface area contributed by atoms with Crippen molar-refractivity contribution in [3.63, 3.8) is 0 Å². The van der Waals surface area contributed by atoms with E-state index < -0.39 is 0 Å². The minimum Gasteiger partial charge on any atom is -0.379 e. The Labute approximate surface area is 120 Å². The lowest BCUT2D eigenvalue weighted by Gasteiger charge is -2.07. The summed E-state index contributed by atoms with van der Waals surface area (Å²) < 4.78 is 5.48. The predicted octanol–water partition coefficient (Wildman–Crippen LogP) is 2.17. The number of nitrogens with one attached hydrogen (secondary N) is 1. The van der Waals surface area contributed by atoms with Gasteiger partial charge in [0.1, 0.15) is 0 Å². The number of benzene rings is 1. The van der Waals surface area contributed by atoms with Gasteiger partial charge in [-0.1, -0.05) is 18.2 Å². The largest absolute Gasteiger partial charge is 0.379 e. The van der Waals surface area contributed by atoms with Crippen molar-refractivity contribution < 1.29 is 4.74 Å². The van der Waals surface area contributed by atoms with Crippen molar-refractivity contribution in [1.82, 2.24) is 20.3 Å². The molecule has 5 nitrogen and oxygen atoms in total. The van der Waals surface area contributed by atoms with Gasteiger partial charge in [-0.25, -0.2) is 0 Å². The molecule has 1 N–H and O–H groups in total. The van der Waals surface area contributed by atoms with Crippen LogP contribution in [0.3, 0.4) is 0 Å². The molecular formula is C15H22N4O. The van der Waals surface area contributed by atoms with E-state index in [1.54, 1.807) is 11.0 Å². The summed E-state index contributed by atoms with van der Waals surface area (Å²) in [6.07, 6.45) is 3.11. The first kappa shape index (κ1) is 14.7. The zero-order chi connectivity index (χ0) is 14.2. The molecule has 1 aromatic heterocycles. The molecule has 0 fully saturated rings. The maximum Gasteiger partial charge on any atom is 0.0969 e. The summed E-state index contributed by atoms with van der Waals surface area (Å²) in [5.74, 6) is 0. The fourth-order valence-electron chi connectivity index (χ4n) is 1.79. The lowest BCUT2D eigenvalue weighted by molar-refractivity contribution is 0.0770. The van der Waals surface area contributed by atoms with E-state index in [0.29, 0.717) is 6.10 Å². The van der Waals surface area contributed by atoms with Crippen LogP contribution in [0.15, 0.2) is 36.5 Å². The molecule has 0 atom stereocenters. The molecular weight excluding hydrogens is 252 g/mol. The van der Waals surface area contributed by atoms with Gasteiger partial charge in [-0.05, 0) is 38.9 Å². The number of ether oxygens (including phenoxy) is 1. The fraction of sp³-hybridized carbons (Fsp3) is 0.467. The second kappa shape index (κ2) is 7.77. The van der Waals surface area contributed by atoms with E-state index in [1.165, 1.54) is 0 Å². The molecule has 108 valence electrons. The minimum atomic E-state index is 0.306. The van der Waals surface area contributed by atoms with Gasteiger partial charge in [0.2, 0.25) is 0 Å². The third kappa shape index (κ3) is 4.75. The van der Waals surface area contributed by atoms with Gasteiger partial charge in [0.05, 0.1) is 23.7 Å². The molecule has 0 saturated heterocycles. The van der Waals surface area contributed by atoms with Crippen LogP contribution < -0.4 is 5.32 Å². The highest BCUT2D eigenvalue weighted by Gasteiger charge is 2.02. The molecule has 0 aliphatic carbocycles. The van der Waals surface area contributed by atoms with E-state index in [4.69, 9.17) is 4.74 Å². The van der Waals surface area contributed by atoms with Crippen molar-refractivity contribution in [3.8, 4) is 5.69 Å². The Balaban J connectivity index is 1.71. The zero-order valence-electron chi connectivity index (χ0n) is 12.1. The summed E-state index contributed by atoms with van der Waals surface area (Å²) in [6.45, 7) is 6.55. The Bertz CT molecular complexity index is 496. The van der Waals surface area contributed by atoms with Crippen LogP contribution in [0.5, 0.6) is 0 Å². The third-order valence-corrected chi connectivity index (χ3v) is 2.78. The Kier molecular flexibility index (Phi) is 5.70. The van der Waals surface area contributed by atoms with Crippen LogP contribution in [0.2, 0.25) is 0 Å². The van der Waals surface area contributed by atoms with E-state index in [2.05, 4.69) is 29.4 Å². The highest BCUT2D eigenvalue weighted by Crippen LogP contribution is 2.03. The zero-order valence-corrected chi connectivity index (χ0v) is 12.1. The molecule has 20 heavy (non-hydrogen) atoms. The van der Waals surface area contributed by atoms with Crippen molar-refractivity contribution in [2.45, 2.75) is 32.9 Å². The first-order valence-corrected chi connectivity index (χ1v) is 7.04. The molecule has 0 amide bonds. The molecule has 0 aliphatic rings. The summed E-state index contributed by atoms with van der Waals surface area (Å²) in [5.41, 5.74) is 1.92. The number of para-hydroxylation sites is 1. The Hall–Kier alpha value is -1.72. The summed E-state index contributed by atoms with van der Waals surface area (Å²) in [5, 5.41) is 12.0. The van der Waals surface area contributed by atoms with Gasteiger partial charge in [-0.2, -0.15) is 15.0 Å². The number of hydrogen-bond donors (Lipinski definition) is 1. The molecule has 1 heterocycles. The summed E-state index contributed by atoms with van der Waals surface area (Å²) >= 11 is 0. The maximum atomic E-state index is 5.48. The molecule has 0 bridgehead atoms. The normalized spacial score (nSPS) is 11.2. The molecule has 0 aliphatic heterocycles.